The third-order valence-corrected chi connectivity index (χ3v) is 4.77. The van der Waals surface area contributed by atoms with E-state index in [9.17, 15) is 0 Å². The number of fused-ring (bicyclic) bond motifs is 3. The highest BCUT2D eigenvalue weighted by atomic mass is 16.5. The van der Waals surface area contributed by atoms with Gasteiger partial charge in [-0.3, -0.25) is 5.01 Å². The lowest BCUT2D eigenvalue weighted by Crippen LogP contribution is -2.27. The van der Waals surface area contributed by atoms with Gasteiger partial charge in [0.05, 0.1) is 12.8 Å². The molecule has 4 heteroatoms. The van der Waals surface area contributed by atoms with Gasteiger partial charge in [-0.05, 0) is 55.7 Å². The van der Waals surface area contributed by atoms with E-state index in [-0.39, 0.29) is 6.04 Å². The van der Waals surface area contributed by atoms with Crippen molar-refractivity contribution >= 4 is 5.71 Å². The van der Waals surface area contributed by atoms with Gasteiger partial charge in [-0.1, -0.05) is 0 Å². The smallest absolute Gasteiger partial charge is 0.128 e. The number of ether oxygens (including phenoxy) is 1. The Kier molecular flexibility index (Phi) is 2.99. The third-order valence-electron chi connectivity index (χ3n) is 4.77. The molecule has 1 aromatic carbocycles. The van der Waals surface area contributed by atoms with Gasteiger partial charge in [0.2, 0.25) is 0 Å². The van der Waals surface area contributed by atoms with Crippen LogP contribution in [0.3, 0.4) is 0 Å². The van der Waals surface area contributed by atoms with Crippen LogP contribution in [0, 0.1) is 12.8 Å². The molecule has 0 unspecified atom stereocenters. The van der Waals surface area contributed by atoms with Crippen molar-refractivity contribution in [3.05, 3.63) is 53.0 Å². The van der Waals surface area contributed by atoms with E-state index in [4.69, 9.17) is 14.3 Å². The summed E-state index contributed by atoms with van der Waals surface area (Å²) in [5.74, 6) is 3.29. The van der Waals surface area contributed by atoms with Crippen molar-refractivity contribution < 1.29 is 9.15 Å². The van der Waals surface area contributed by atoms with Crippen molar-refractivity contribution in [2.75, 3.05) is 14.2 Å². The molecule has 2 aromatic rings. The standard InChI is InChI=1S/C18H20N2O2/c1-11-4-9-16(22-11)18-15-7-5-12-10-13(21-3)6-8-14(12)17(15)19-20(18)2/h4,6,8-10,15,18H,5,7H2,1-3H3/t15-,18-/m0/s1. The zero-order valence-electron chi connectivity index (χ0n) is 13.2. The minimum atomic E-state index is 0.207. The van der Waals surface area contributed by atoms with Gasteiger partial charge in [-0.2, -0.15) is 5.10 Å². The predicted molar refractivity (Wildman–Crippen MR) is 85.3 cm³/mol. The van der Waals surface area contributed by atoms with Crippen LogP contribution in [0.5, 0.6) is 5.75 Å². The number of rotatable bonds is 2. The molecule has 1 aromatic heterocycles. The Bertz CT molecular complexity index is 747. The lowest BCUT2D eigenvalue weighted by Gasteiger charge is -2.27. The molecule has 114 valence electrons. The first-order chi connectivity index (χ1) is 10.7. The van der Waals surface area contributed by atoms with Crippen LogP contribution >= 0.6 is 0 Å². The van der Waals surface area contributed by atoms with Crippen LogP contribution in [0.1, 0.15) is 35.1 Å². The summed E-state index contributed by atoms with van der Waals surface area (Å²) in [6.07, 6.45) is 2.15. The normalized spacial score (nSPS) is 23.0. The molecule has 0 spiro atoms. The van der Waals surface area contributed by atoms with Crippen molar-refractivity contribution in [3.8, 4) is 5.75 Å². The van der Waals surface area contributed by atoms with E-state index in [0.29, 0.717) is 5.92 Å². The lowest BCUT2D eigenvalue weighted by molar-refractivity contribution is 0.209. The second-order valence-electron chi connectivity index (χ2n) is 6.12. The largest absolute Gasteiger partial charge is 0.497 e. The van der Waals surface area contributed by atoms with Crippen LogP contribution in [-0.2, 0) is 6.42 Å². The zero-order chi connectivity index (χ0) is 15.3. The highest BCUT2D eigenvalue weighted by Gasteiger charge is 2.41. The van der Waals surface area contributed by atoms with Gasteiger partial charge in [0.25, 0.3) is 0 Å². The monoisotopic (exact) mass is 296 g/mol. The van der Waals surface area contributed by atoms with Crippen molar-refractivity contribution in [2.24, 2.45) is 11.0 Å². The predicted octanol–water partition coefficient (Wildman–Crippen LogP) is 3.55. The highest BCUT2D eigenvalue weighted by Crippen LogP contribution is 2.43. The van der Waals surface area contributed by atoms with Crippen LogP contribution < -0.4 is 4.74 Å². The lowest BCUT2D eigenvalue weighted by atomic mass is 9.78. The van der Waals surface area contributed by atoms with E-state index in [2.05, 4.69) is 23.2 Å². The average Bonchev–Trinajstić information content (AvgIpc) is 3.08. The first kappa shape index (κ1) is 13.4. The molecule has 1 aliphatic heterocycles. The van der Waals surface area contributed by atoms with Gasteiger partial charge in [-0.15, -0.1) is 0 Å². The number of furan rings is 1. The maximum absolute atomic E-state index is 5.88. The molecule has 0 radical (unpaired) electrons. The van der Waals surface area contributed by atoms with Gasteiger partial charge >= 0.3 is 0 Å². The van der Waals surface area contributed by atoms with Crippen molar-refractivity contribution in [2.45, 2.75) is 25.8 Å². The molecule has 4 nitrogen and oxygen atoms in total. The number of hydrogen-bond donors (Lipinski definition) is 0. The molecule has 2 aliphatic rings. The summed E-state index contributed by atoms with van der Waals surface area (Å²) < 4.78 is 11.2. The Morgan fingerprint density at radius 1 is 1.27 bits per heavy atom. The quantitative estimate of drug-likeness (QED) is 0.850. The fourth-order valence-corrected chi connectivity index (χ4v) is 3.72. The van der Waals surface area contributed by atoms with Crippen LogP contribution in [0.4, 0.5) is 0 Å². The Morgan fingerprint density at radius 3 is 2.86 bits per heavy atom. The van der Waals surface area contributed by atoms with E-state index in [1.807, 2.05) is 26.1 Å². The maximum Gasteiger partial charge on any atom is 0.128 e. The average molecular weight is 296 g/mol. The molecule has 1 aliphatic carbocycles. The second kappa shape index (κ2) is 4.90. The van der Waals surface area contributed by atoms with E-state index < -0.39 is 0 Å². The third kappa shape index (κ3) is 1.94. The van der Waals surface area contributed by atoms with Crippen LogP contribution in [0.25, 0.3) is 0 Å². The number of nitrogens with zero attached hydrogens (tertiary/aromatic N) is 2. The molecule has 0 saturated carbocycles. The molecular weight excluding hydrogens is 276 g/mol. The van der Waals surface area contributed by atoms with Crippen LogP contribution in [-0.4, -0.2) is 24.9 Å². The molecule has 0 saturated heterocycles. The number of hydrazone groups is 1. The summed E-state index contributed by atoms with van der Waals surface area (Å²) in [6.45, 7) is 1.99. The molecule has 2 heterocycles. The summed E-state index contributed by atoms with van der Waals surface area (Å²) >= 11 is 0. The molecular formula is C18H20N2O2. The zero-order valence-corrected chi connectivity index (χ0v) is 13.2. The van der Waals surface area contributed by atoms with E-state index >= 15 is 0 Å². The van der Waals surface area contributed by atoms with Crippen molar-refractivity contribution in [1.29, 1.82) is 0 Å². The van der Waals surface area contributed by atoms with Gasteiger partial charge in [-0.25, -0.2) is 0 Å². The Hall–Kier alpha value is -2.23. The fourth-order valence-electron chi connectivity index (χ4n) is 3.72. The molecule has 0 amide bonds. The molecule has 4 rings (SSSR count). The van der Waals surface area contributed by atoms with Crippen LogP contribution in [0.15, 0.2) is 39.9 Å². The molecule has 2 atom stereocenters. The molecule has 0 bridgehead atoms. The number of hydrogen-bond acceptors (Lipinski definition) is 4. The van der Waals surface area contributed by atoms with Crippen LogP contribution in [0.2, 0.25) is 0 Å². The van der Waals surface area contributed by atoms with Gasteiger partial charge in [0.1, 0.15) is 23.3 Å². The molecule has 0 N–H and O–H groups in total. The second-order valence-corrected chi connectivity index (χ2v) is 6.12. The number of methoxy groups -OCH3 is 1. The van der Waals surface area contributed by atoms with Gasteiger partial charge in [0.15, 0.2) is 0 Å². The van der Waals surface area contributed by atoms with Crippen molar-refractivity contribution in [3.63, 3.8) is 0 Å². The highest BCUT2D eigenvalue weighted by molar-refractivity contribution is 6.05. The van der Waals surface area contributed by atoms with E-state index in [0.717, 1.165) is 30.1 Å². The Balaban J connectivity index is 1.73. The summed E-state index contributed by atoms with van der Waals surface area (Å²) in [4.78, 5) is 0. The summed E-state index contributed by atoms with van der Waals surface area (Å²) in [7, 11) is 3.75. The molecule has 0 fully saturated rings. The fraction of sp³-hybridized carbons (Fsp3) is 0.389. The Labute approximate surface area is 130 Å². The van der Waals surface area contributed by atoms with E-state index in [1.165, 1.54) is 16.8 Å². The van der Waals surface area contributed by atoms with Gasteiger partial charge in [0, 0.05) is 18.5 Å². The number of aryl methyl sites for hydroxylation is 2. The number of benzene rings is 1. The first-order valence-corrected chi connectivity index (χ1v) is 7.72. The minimum absolute atomic E-state index is 0.207. The topological polar surface area (TPSA) is 38.0 Å². The summed E-state index contributed by atoms with van der Waals surface area (Å²) in [5, 5.41) is 6.88. The maximum atomic E-state index is 5.88. The Morgan fingerprint density at radius 2 is 2.14 bits per heavy atom. The first-order valence-electron chi connectivity index (χ1n) is 7.72. The van der Waals surface area contributed by atoms with Gasteiger partial charge < -0.3 is 9.15 Å². The summed E-state index contributed by atoms with van der Waals surface area (Å²) in [6, 6.07) is 10.6. The minimum Gasteiger partial charge on any atom is -0.497 e. The summed E-state index contributed by atoms with van der Waals surface area (Å²) in [5.41, 5.74) is 3.78. The SMILES string of the molecule is COc1ccc2c(c1)CC[C@H]1C2=NN(C)[C@@H]1c1ccc(C)o1. The molecule has 22 heavy (non-hydrogen) atoms. The van der Waals surface area contributed by atoms with Crippen molar-refractivity contribution in [1.82, 2.24) is 5.01 Å². The van der Waals surface area contributed by atoms with E-state index in [1.54, 1.807) is 7.11 Å².